The molecule has 18 rings (SSSR count). The Hall–Kier alpha value is -11.8. The van der Waals surface area contributed by atoms with Crippen LogP contribution in [-0.4, -0.2) is 0 Å². The first kappa shape index (κ1) is 59.6. The van der Waals surface area contributed by atoms with Gasteiger partial charge in [-0.15, -0.1) is 0 Å². The van der Waals surface area contributed by atoms with E-state index in [0.717, 1.165) is 58.1 Å². The van der Waals surface area contributed by atoms with Gasteiger partial charge in [-0.2, -0.15) is 0 Å². The van der Waals surface area contributed by atoms with Gasteiger partial charge in [-0.05, 0) is 247 Å². The molecule has 2 unspecified atom stereocenters. The normalized spacial score (nSPS) is 16.8. The molecule has 14 aromatic carbocycles. The maximum atomic E-state index is 4.12. The number of rotatable bonds is 14. The van der Waals surface area contributed by atoms with Gasteiger partial charge in [0, 0.05) is 34.1 Å². The zero-order valence-electron chi connectivity index (χ0n) is 56.4. The van der Waals surface area contributed by atoms with Crippen LogP contribution in [0.4, 0.5) is 34.1 Å². The van der Waals surface area contributed by atoms with Gasteiger partial charge in [0.2, 0.25) is 0 Å². The van der Waals surface area contributed by atoms with Gasteiger partial charge in [0.1, 0.15) is 0 Å². The average Bonchev–Trinajstić information content (AvgIpc) is 1.52. The van der Waals surface area contributed by atoms with Crippen molar-refractivity contribution in [2.75, 3.05) is 9.80 Å². The lowest BCUT2D eigenvalue weighted by molar-refractivity contribution is 0.624. The Morgan fingerprint density at radius 3 is 0.919 bits per heavy atom. The van der Waals surface area contributed by atoms with Crippen LogP contribution in [0, 0.1) is 27.7 Å². The van der Waals surface area contributed by atoms with E-state index in [1.54, 1.807) is 0 Å². The van der Waals surface area contributed by atoms with Crippen molar-refractivity contribution in [2.45, 2.75) is 56.8 Å². The van der Waals surface area contributed by atoms with Gasteiger partial charge >= 0.3 is 0 Å². The van der Waals surface area contributed by atoms with Gasteiger partial charge in [0.25, 0.3) is 0 Å². The highest BCUT2D eigenvalue weighted by molar-refractivity contribution is 5.99. The van der Waals surface area contributed by atoms with Crippen molar-refractivity contribution in [1.82, 2.24) is 0 Å². The van der Waals surface area contributed by atoms with Crippen molar-refractivity contribution < 1.29 is 0 Å². The summed E-state index contributed by atoms with van der Waals surface area (Å²) in [7, 11) is 0. The quantitative estimate of drug-likeness (QED) is 0.107. The minimum Gasteiger partial charge on any atom is -0.310 e. The molecule has 0 saturated carbocycles. The fourth-order valence-electron chi connectivity index (χ4n) is 18.1. The van der Waals surface area contributed by atoms with Crippen LogP contribution in [-0.2, 0) is 29.1 Å². The lowest BCUT2D eigenvalue weighted by Gasteiger charge is -2.36. The molecule has 2 nitrogen and oxygen atoms in total. The largest absolute Gasteiger partial charge is 0.310 e. The van der Waals surface area contributed by atoms with E-state index in [9.17, 15) is 0 Å². The third-order valence-corrected chi connectivity index (χ3v) is 22.5. The van der Waals surface area contributed by atoms with E-state index in [1.165, 1.54) is 134 Å². The van der Waals surface area contributed by atoms with Gasteiger partial charge in [-0.3, -0.25) is 0 Å². The van der Waals surface area contributed by atoms with E-state index in [0.29, 0.717) is 0 Å². The Kier molecular flexibility index (Phi) is 14.0. The van der Waals surface area contributed by atoms with Gasteiger partial charge < -0.3 is 9.80 Å². The van der Waals surface area contributed by atoms with Crippen LogP contribution in [0.2, 0.25) is 0 Å². The number of anilines is 6. The van der Waals surface area contributed by atoms with E-state index >= 15 is 0 Å². The standard InChI is InChI=1S/C97H74N2/c1-7-67-39-43-69(44-40-67)61-95(89-55-63(3)35-37-65(89)5)85-31-19-15-27-77(85)81-51-47-73(57-91(81)95)98(71-23-11-9-12-24-71)75-49-53-83-79-29-17-21-33-87(79)97(93(83)59-75)88-34-22-18-30-80(88)84-54-50-76(60-94(84)97)99(72-25-13-10-14-26-72)74-48-52-82-78-28-16-20-32-86(78)96(92(82)58-74,90-56-64(4)36-38-66(90)6)62-70-45-41-68(8-2)42-46-70/h7-60H,1-2,61-62H2,3-6H3. The molecular weight excluding hydrogens is 1190 g/mol. The summed E-state index contributed by atoms with van der Waals surface area (Å²) in [4.78, 5) is 5.03. The summed E-state index contributed by atoms with van der Waals surface area (Å²) in [5.41, 5.74) is 37.9. The molecule has 2 heteroatoms. The van der Waals surface area contributed by atoms with Crippen LogP contribution in [0.1, 0.15) is 100 Å². The highest BCUT2D eigenvalue weighted by atomic mass is 15.1. The van der Waals surface area contributed by atoms with Crippen molar-refractivity contribution in [3.8, 4) is 44.5 Å². The fourth-order valence-corrected chi connectivity index (χ4v) is 18.1. The summed E-state index contributed by atoms with van der Waals surface area (Å²) < 4.78 is 0. The lowest BCUT2D eigenvalue weighted by Crippen LogP contribution is -2.31. The summed E-state index contributed by atoms with van der Waals surface area (Å²) >= 11 is 0. The monoisotopic (exact) mass is 1270 g/mol. The van der Waals surface area contributed by atoms with Gasteiger partial charge in [0.15, 0.2) is 0 Å². The number of aryl methyl sites for hydroxylation is 4. The maximum absolute atomic E-state index is 4.12. The number of hydrogen-bond donors (Lipinski definition) is 0. The minimum absolute atomic E-state index is 0.505. The van der Waals surface area contributed by atoms with Crippen molar-refractivity contribution in [3.05, 3.63) is 429 Å². The topological polar surface area (TPSA) is 6.48 Å². The minimum atomic E-state index is -0.689. The molecule has 2 atom stereocenters. The second kappa shape index (κ2) is 23.2. The SMILES string of the molecule is C=Cc1ccc(CC2(c3cc(C)ccc3C)c3ccccc3-c3ccc(N(c4ccccc4)c4ccc5c(c4)C4(c6ccccc6-5)c5ccccc5-c5ccc(N(c6ccccc6)c6ccc7c(c6)C(Cc6ccc(C=C)cc6)(c6cc(C)ccc6C)c6ccccc6-7)cc54)cc32)cc1. The molecule has 0 aromatic heterocycles. The molecule has 4 aliphatic rings. The molecular formula is C97H74N2. The Bertz CT molecular complexity index is 5250. The molecule has 99 heavy (non-hydrogen) atoms. The summed E-state index contributed by atoms with van der Waals surface area (Å²) in [6, 6.07) is 120. The van der Waals surface area contributed by atoms with Crippen LogP contribution in [0.15, 0.2) is 329 Å². The molecule has 1 spiro atoms. The number of benzene rings is 14. The summed E-state index contributed by atoms with van der Waals surface area (Å²) in [6.07, 6.45) is 5.45. The number of para-hydroxylation sites is 2. The van der Waals surface area contributed by atoms with Crippen molar-refractivity contribution >= 4 is 46.3 Å². The van der Waals surface area contributed by atoms with Crippen molar-refractivity contribution in [1.29, 1.82) is 0 Å². The maximum Gasteiger partial charge on any atom is 0.0727 e. The van der Waals surface area contributed by atoms with Crippen LogP contribution >= 0.6 is 0 Å². The van der Waals surface area contributed by atoms with E-state index in [4.69, 9.17) is 0 Å². The molecule has 0 amide bonds. The van der Waals surface area contributed by atoms with Crippen LogP contribution < -0.4 is 9.80 Å². The number of nitrogens with zero attached hydrogens (tertiary/aromatic N) is 2. The van der Waals surface area contributed by atoms with Crippen molar-refractivity contribution in [3.63, 3.8) is 0 Å². The molecule has 0 radical (unpaired) electrons. The van der Waals surface area contributed by atoms with Gasteiger partial charge in [0.05, 0.1) is 16.2 Å². The smallest absolute Gasteiger partial charge is 0.0727 e. The predicted molar refractivity (Wildman–Crippen MR) is 415 cm³/mol. The Morgan fingerprint density at radius 2 is 0.556 bits per heavy atom. The molecule has 0 fully saturated rings. The van der Waals surface area contributed by atoms with Crippen LogP contribution in [0.25, 0.3) is 56.7 Å². The first-order valence-corrected chi connectivity index (χ1v) is 34.9. The zero-order chi connectivity index (χ0) is 66.7. The molecule has 0 heterocycles. The highest BCUT2D eigenvalue weighted by Crippen LogP contribution is 2.65. The van der Waals surface area contributed by atoms with Crippen LogP contribution in [0.5, 0.6) is 0 Å². The Labute approximate surface area is 582 Å². The zero-order valence-corrected chi connectivity index (χ0v) is 56.4. The van der Waals surface area contributed by atoms with E-state index in [2.05, 4.69) is 366 Å². The van der Waals surface area contributed by atoms with Crippen molar-refractivity contribution in [2.24, 2.45) is 0 Å². The van der Waals surface area contributed by atoms with E-state index in [-0.39, 0.29) is 0 Å². The molecule has 472 valence electrons. The summed E-state index contributed by atoms with van der Waals surface area (Å²) in [5.74, 6) is 0. The molecule has 14 aromatic rings. The second-order valence-corrected chi connectivity index (χ2v) is 27.9. The van der Waals surface area contributed by atoms with Gasteiger partial charge in [-0.25, -0.2) is 0 Å². The highest BCUT2D eigenvalue weighted by Gasteiger charge is 2.53. The Morgan fingerprint density at radius 1 is 0.253 bits per heavy atom. The van der Waals surface area contributed by atoms with E-state index in [1.807, 2.05) is 12.2 Å². The second-order valence-electron chi connectivity index (χ2n) is 27.9. The third-order valence-electron chi connectivity index (χ3n) is 22.5. The predicted octanol–water partition coefficient (Wildman–Crippen LogP) is 24.6. The molecule has 0 aliphatic heterocycles. The fraction of sp³-hybridized carbons (Fsp3) is 0.0928. The molecule has 0 bridgehead atoms. The first-order chi connectivity index (χ1) is 48.6. The molecule has 0 saturated heterocycles. The average molecular weight is 1270 g/mol. The summed E-state index contributed by atoms with van der Waals surface area (Å²) in [5, 5.41) is 0. The van der Waals surface area contributed by atoms with Gasteiger partial charge in [-0.1, -0.05) is 279 Å². The lowest BCUT2D eigenvalue weighted by atomic mass is 9.67. The van der Waals surface area contributed by atoms with E-state index < -0.39 is 16.2 Å². The summed E-state index contributed by atoms with van der Waals surface area (Å²) in [6.45, 7) is 17.3. The number of hydrogen-bond acceptors (Lipinski definition) is 2. The third kappa shape index (κ3) is 9.02. The number of fused-ring (bicyclic) bond motifs is 16. The Balaban J connectivity index is 0.839. The molecule has 4 aliphatic carbocycles. The van der Waals surface area contributed by atoms with Crippen LogP contribution in [0.3, 0.4) is 0 Å². The molecule has 0 N–H and O–H groups in total. The first-order valence-electron chi connectivity index (χ1n) is 34.9.